The zero-order chi connectivity index (χ0) is 15.6. The van der Waals surface area contributed by atoms with Crippen molar-refractivity contribution in [3.8, 4) is 11.1 Å². The molecule has 0 atom stereocenters. The van der Waals surface area contributed by atoms with E-state index in [4.69, 9.17) is 10.9 Å². The van der Waals surface area contributed by atoms with E-state index >= 15 is 0 Å². The molecule has 0 fully saturated rings. The number of amides is 1. The standard InChI is InChI=1S/C13H12FN3O3S/c14-10-5-9(6-17-7-10)11-2-1-8(4-13(15)18)3-12(11)21(16,19)20/h1-3,5-7H,4H2,(H2,15,18)(H2,16,19,20). The van der Waals surface area contributed by atoms with Gasteiger partial charge in [0.15, 0.2) is 0 Å². The number of aromatic nitrogens is 1. The van der Waals surface area contributed by atoms with Crippen molar-refractivity contribution in [1.82, 2.24) is 4.98 Å². The first-order valence-electron chi connectivity index (χ1n) is 5.82. The first-order valence-corrected chi connectivity index (χ1v) is 7.37. The molecule has 0 aliphatic carbocycles. The van der Waals surface area contributed by atoms with Crippen LogP contribution >= 0.6 is 0 Å². The van der Waals surface area contributed by atoms with E-state index in [9.17, 15) is 17.6 Å². The molecule has 4 N–H and O–H groups in total. The molecule has 0 radical (unpaired) electrons. The van der Waals surface area contributed by atoms with Crippen molar-refractivity contribution in [3.05, 3.63) is 48.0 Å². The van der Waals surface area contributed by atoms with Crippen molar-refractivity contribution < 1.29 is 17.6 Å². The molecule has 0 unspecified atom stereocenters. The van der Waals surface area contributed by atoms with Crippen LogP contribution in [0.2, 0.25) is 0 Å². The van der Waals surface area contributed by atoms with Gasteiger partial charge in [-0.25, -0.2) is 17.9 Å². The average molecular weight is 309 g/mol. The van der Waals surface area contributed by atoms with Crippen LogP contribution in [0, 0.1) is 5.82 Å². The van der Waals surface area contributed by atoms with Gasteiger partial charge in [-0.1, -0.05) is 12.1 Å². The monoisotopic (exact) mass is 309 g/mol. The molecule has 2 aromatic rings. The van der Waals surface area contributed by atoms with Crippen LogP contribution in [0.5, 0.6) is 0 Å². The number of carbonyl (C=O) groups is 1. The smallest absolute Gasteiger partial charge is 0.238 e. The molecular formula is C13H12FN3O3S. The summed E-state index contributed by atoms with van der Waals surface area (Å²) < 4.78 is 36.6. The molecule has 110 valence electrons. The quantitative estimate of drug-likeness (QED) is 0.858. The van der Waals surface area contributed by atoms with Gasteiger partial charge in [-0.15, -0.1) is 0 Å². The second-order valence-corrected chi connectivity index (χ2v) is 5.94. The fourth-order valence-corrected chi connectivity index (χ4v) is 2.72. The maximum Gasteiger partial charge on any atom is 0.238 e. The van der Waals surface area contributed by atoms with Crippen molar-refractivity contribution in [3.63, 3.8) is 0 Å². The van der Waals surface area contributed by atoms with Gasteiger partial charge in [0.1, 0.15) is 5.82 Å². The predicted molar refractivity (Wildman–Crippen MR) is 73.9 cm³/mol. The summed E-state index contributed by atoms with van der Waals surface area (Å²) in [6, 6.07) is 5.36. The molecule has 6 nitrogen and oxygen atoms in total. The zero-order valence-electron chi connectivity index (χ0n) is 10.8. The molecular weight excluding hydrogens is 297 g/mol. The fourth-order valence-electron chi connectivity index (χ4n) is 1.91. The number of halogens is 1. The summed E-state index contributed by atoms with van der Waals surface area (Å²) in [6.45, 7) is 0. The fraction of sp³-hybridized carbons (Fsp3) is 0.0769. The number of pyridine rings is 1. The zero-order valence-corrected chi connectivity index (χ0v) is 11.6. The Morgan fingerprint density at radius 2 is 1.95 bits per heavy atom. The minimum atomic E-state index is -4.06. The Morgan fingerprint density at radius 1 is 1.24 bits per heavy atom. The molecule has 2 rings (SSSR count). The van der Waals surface area contributed by atoms with Gasteiger partial charge in [-0.3, -0.25) is 9.78 Å². The number of hydrogen-bond acceptors (Lipinski definition) is 4. The molecule has 0 bridgehead atoms. The Bertz CT molecular complexity index is 806. The van der Waals surface area contributed by atoms with Gasteiger partial charge >= 0.3 is 0 Å². The number of nitrogens with two attached hydrogens (primary N) is 2. The van der Waals surface area contributed by atoms with Gasteiger partial charge in [0.25, 0.3) is 0 Å². The summed E-state index contributed by atoms with van der Waals surface area (Å²) in [5, 5.41) is 5.17. The van der Waals surface area contributed by atoms with E-state index < -0.39 is 21.7 Å². The number of benzene rings is 1. The predicted octanol–water partition coefficient (Wildman–Crippen LogP) is 0.563. The van der Waals surface area contributed by atoms with Gasteiger partial charge in [0, 0.05) is 17.3 Å². The molecule has 0 saturated carbocycles. The van der Waals surface area contributed by atoms with Gasteiger partial charge in [-0.05, 0) is 17.7 Å². The number of rotatable bonds is 4. The molecule has 0 aliphatic heterocycles. The summed E-state index contributed by atoms with van der Waals surface area (Å²) in [5.74, 6) is -1.20. The van der Waals surface area contributed by atoms with Gasteiger partial charge in [0.05, 0.1) is 17.5 Å². The van der Waals surface area contributed by atoms with E-state index in [1.54, 1.807) is 0 Å². The van der Waals surface area contributed by atoms with Gasteiger partial charge < -0.3 is 5.73 Å². The maximum absolute atomic E-state index is 13.2. The van der Waals surface area contributed by atoms with Crippen LogP contribution < -0.4 is 10.9 Å². The maximum atomic E-state index is 13.2. The molecule has 1 aromatic carbocycles. The lowest BCUT2D eigenvalue weighted by molar-refractivity contribution is -0.117. The largest absolute Gasteiger partial charge is 0.369 e. The number of sulfonamides is 1. The minimum absolute atomic E-state index is 0.121. The molecule has 21 heavy (non-hydrogen) atoms. The number of hydrogen-bond donors (Lipinski definition) is 2. The van der Waals surface area contributed by atoms with Crippen LogP contribution in [-0.4, -0.2) is 19.3 Å². The van der Waals surface area contributed by atoms with E-state index in [1.807, 2.05) is 0 Å². The van der Waals surface area contributed by atoms with Crippen LogP contribution in [0.1, 0.15) is 5.56 Å². The SMILES string of the molecule is NC(=O)Cc1ccc(-c2cncc(F)c2)c(S(N)(=O)=O)c1. The third-order valence-corrected chi connectivity index (χ3v) is 3.70. The lowest BCUT2D eigenvalue weighted by atomic mass is 10.0. The van der Waals surface area contributed by atoms with Crippen molar-refractivity contribution in [2.75, 3.05) is 0 Å². The van der Waals surface area contributed by atoms with Gasteiger partial charge in [0.2, 0.25) is 15.9 Å². The van der Waals surface area contributed by atoms with Crippen LogP contribution in [0.25, 0.3) is 11.1 Å². The molecule has 0 spiro atoms. The van der Waals surface area contributed by atoms with E-state index in [2.05, 4.69) is 4.98 Å². The Morgan fingerprint density at radius 3 is 2.52 bits per heavy atom. The molecule has 8 heteroatoms. The number of primary amides is 1. The second-order valence-electron chi connectivity index (χ2n) is 4.41. The van der Waals surface area contributed by atoms with E-state index in [-0.39, 0.29) is 22.4 Å². The van der Waals surface area contributed by atoms with Crippen LogP contribution in [0.4, 0.5) is 4.39 Å². The third kappa shape index (κ3) is 3.61. The lowest BCUT2D eigenvalue weighted by Crippen LogP contribution is -2.16. The molecule has 0 saturated heterocycles. The highest BCUT2D eigenvalue weighted by Crippen LogP contribution is 2.27. The highest BCUT2D eigenvalue weighted by Gasteiger charge is 2.17. The summed E-state index contributed by atoms with van der Waals surface area (Å²) in [7, 11) is -4.06. The van der Waals surface area contributed by atoms with Gasteiger partial charge in [-0.2, -0.15) is 0 Å². The molecule has 0 aliphatic rings. The Hall–Kier alpha value is -2.32. The number of carbonyl (C=O) groups excluding carboxylic acids is 1. The number of nitrogens with zero attached hydrogens (tertiary/aromatic N) is 1. The van der Waals surface area contributed by atoms with Crippen molar-refractivity contribution in [1.29, 1.82) is 0 Å². The number of primary sulfonamides is 1. The highest BCUT2D eigenvalue weighted by molar-refractivity contribution is 7.89. The summed E-state index contributed by atoms with van der Waals surface area (Å²) in [5.41, 5.74) is 5.95. The average Bonchev–Trinajstić information content (AvgIpc) is 2.37. The Balaban J connectivity index is 2.63. The highest BCUT2D eigenvalue weighted by atomic mass is 32.2. The normalized spacial score (nSPS) is 11.3. The van der Waals surface area contributed by atoms with Crippen molar-refractivity contribution in [2.24, 2.45) is 10.9 Å². The van der Waals surface area contributed by atoms with Crippen molar-refractivity contribution in [2.45, 2.75) is 11.3 Å². The van der Waals surface area contributed by atoms with E-state index in [1.165, 1.54) is 24.4 Å². The van der Waals surface area contributed by atoms with Crippen molar-refractivity contribution >= 4 is 15.9 Å². The Kier molecular flexibility index (Phi) is 4.01. The summed E-state index contributed by atoms with van der Waals surface area (Å²) in [4.78, 5) is 14.4. The minimum Gasteiger partial charge on any atom is -0.369 e. The second kappa shape index (κ2) is 5.58. The summed E-state index contributed by atoms with van der Waals surface area (Å²) >= 11 is 0. The van der Waals surface area contributed by atoms with E-state index in [0.717, 1.165) is 12.3 Å². The van der Waals surface area contributed by atoms with Crippen LogP contribution in [-0.2, 0) is 21.2 Å². The lowest BCUT2D eigenvalue weighted by Gasteiger charge is -2.10. The molecule has 1 amide bonds. The third-order valence-electron chi connectivity index (χ3n) is 2.75. The Labute approximate surface area is 120 Å². The van der Waals surface area contributed by atoms with Crippen LogP contribution in [0.3, 0.4) is 0 Å². The van der Waals surface area contributed by atoms with Crippen LogP contribution in [0.15, 0.2) is 41.6 Å². The first kappa shape index (κ1) is 15.1. The van der Waals surface area contributed by atoms with E-state index in [0.29, 0.717) is 5.56 Å². The first-order chi connectivity index (χ1) is 9.77. The summed E-state index contributed by atoms with van der Waals surface area (Å²) in [6.07, 6.45) is 2.20. The molecule has 1 heterocycles. The molecule has 1 aromatic heterocycles. The topological polar surface area (TPSA) is 116 Å².